The molecule has 0 aromatic carbocycles. The van der Waals surface area contributed by atoms with E-state index in [9.17, 15) is 14.4 Å². The first-order valence-electron chi connectivity index (χ1n) is 8.27. The second-order valence-electron chi connectivity index (χ2n) is 7.75. The summed E-state index contributed by atoms with van der Waals surface area (Å²) in [6, 6.07) is -0.798. The molecule has 0 rings (SSSR count). The molecule has 0 saturated heterocycles. The summed E-state index contributed by atoms with van der Waals surface area (Å²) in [4.78, 5) is 34.9. The number of hydrogen-bond donors (Lipinski definition) is 2. The van der Waals surface area contributed by atoms with Gasteiger partial charge in [-0.3, -0.25) is 9.59 Å². The predicted octanol–water partition coefficient (Wildman–Crippen LogP) is 2.31. The molecule has 0 aliphatic heterocycles. The zero-order valence-electron chi connectivity index (χ0n) is 15.7. The van der Waals surface area contributed by atoms with Crippen LogP contribution >= 0.6 is 0 Å². The van der Waals surface area contributed by atoms with Gasteiger partial charge in [0, 0.05) is 19.4 Å². The lowest BCUT2D eigenvalue weighted by Gasteiger charge is -2.22. The van der Waals surface area contributed by atoms with E-state index in [2.05, 4.69) is 5.32 Å². The molecule has 0 fully saturated rings. The standard InChI is InChI=1S/C17H32N2O5/c1-16(2,3)23-14(21)13(18)10-9-12(20)8-7-11-19-15(22)24-17(4,5)6/h13H,7-11,18H2,1-6H3,(H,19,22)/t13-/m0/s1. The first kappa shape index (κ1) is 22.4. The molecular weight excluding hydrogens is 312 g/mol. The van der Waals surface area contributed by atoms with Gasteiger partial charge < -0.3 is 20.5 Å². The topological polar surface area (TPSA) is 108 Å². The van der Waals surface area contributed by atoms with Gasteiger partial charge in [-0.25, -0.2) is 4.79 Å². The summed E-state index contributed by atoms with van der Waals surface area (Å²) in [5.41, 5.74) is 4.59. The van der Waals surface area contributed by atoms with Crippen molar-refractivity contribution in [3.63, 3.8) is 0 Å². The zero-order valence-corrected chi connectivity index (χ0v) is 15.7. The second kappa shape index (κ2) is 9.61. The summed E-state index contributed by atoms with van der Waals surface area (Å²) in [5.74, 6) is -0.498. The summed E-state index contributed by atoms with van der Waals surface area (Å²) in [6.45, 7) is 11.0. The molecule has 0 aliphatic rings. The number of carbonyl (C=O) groups is 3. The van der Waals surface area contributed by atoms with Gasteiger partial charge in [0.2, 0.25) is 0 Å². The van der Waals surface area contributed by atoms with Crippen molar-refractivity contribution in [3.05, 3.63) is 0 Å². The maximum absolute atomic E-state index is 11.8. The number of ether oxygens (including phenoxy) is 2. The highest BCUT2D eigenvalue weighted by Gasteiger charge is 2.22. The van der Waals surface area contributed by atoms with E-state index in [1.54, 1.807) is 41.5 Å². The fourth-order valence-corrected chi connectivity index (χ4v) is 1.73. The molecule has 7 nitrogen and oxygen atoms in total. The van der Waals surface area contributed by atoms with E-state index in [0.29, 0.717) is 19.4 Å². The number of Topliss-reactive ketones (excluding diaryl/α,β-unsaturated/α-hetero) is 1. The number of carbonyl (C=O) groups excluding carboxylic acids is 3. The zero-order chi connectivity index (χ0) is 19.0. The Hall–Kier alpha value is -1.63. The Bertz CT molecular complexity index is 435. The molecule has 7 heteroatoms. The van der Waals surface area contributed by atoms with Crippen molar-refractivity contribution in [3.8, 4) is 0 Å². The second-order valence-corrected chi connectivity index (χ2v) is 7.75. The van der Waals surface area contributed by atoms with E-state index in [1.165, 1.54) is 0 Å². The van der Waals surface area contributed by atoms with Gasteiger partial charge >= 0.3 is 12.1 Å². The number of ketones is 1. The summed E-state index contributed by atoms with van der Waals surface area (Å²) in [6.07, 6.45) is 0.804. The van der Waals surface area contributed by atoms with E-state index in [4.69, 9.17) is 15.2 Å². The molecule has 3 N–H and O–H groups in total. The number of hydrogen-bond acceptors (Lipinski definition) is 6. The molecule has 0 bridgehead atoms. The monoisotopic (exact) mass is 344 g/mol. The third kappa shape index (κ3) is 12.9. The van der Waals surface area contributed by atoms with Crippen molar-refractivity contribution in [1.29, 1.82) is 0 Å². The van der Waals surface area contributed by atoms with Gasteiger partial charge in [0.05, 0.1) is 0 Å². The van der Waals surface area contributed by atoms with E-state index in [-0.39, 0.29) is 18.6 Å². The van der Waals surface area contributed by atoms with Crippen LogP contribution in [0, 0.1) is 0 Å². The van der Waals surface area contributed by atoms with Gasteiger partial charge in [-0.2, -0.15) is 0 Å². The van der Waals surface area contributed by atoms with Crippen molar-refractivity contribution in [2.45, 2.75) is 84.5 Å². The normalized spacial score (nSPS) is 13.1. The molecule has 0 radical (unpaired) electrons. The molecule has 1 atom stereocenters. The van der Waals surface area contributed by atoms with Crippen LogP contribution < -0.4 is 11.1 Å². The number of alkyl carbamates (subject to hydrolysis) is 1. The Labute approximate surface area is 144 Å². The Morgan fingerprint density at radius 2 is 1.50 bits per heavy atom. The number of nitrogens with one attached hydrogen (secondary N) is 1. The van der Waals surface area contributed by atoms with Crippen LogP contribution in [0.1, 0.15) is 67.2 Å². The maximum atomic E-state index is 11.8. The minimum Gasteiger partial charge on any atom is -0.459 e. The molecule has 0 unspecified atom stereocenters. The predicted molar refractivity (Wildman–Crippen MR) is 91.5 cm³/mol. The quantitative estimate of drug-likeness (QED) is 0.517. The Morgan fingerprint density at radius 3 is 2.00 bits per heavy atom. The molecule has 0 heterocycles. The van der Waals surface area contributed by atoms with Crippen molar-refractivity contribution < 1.29 is 23.9 Å². The van der Waals surface area contributed by atoms with Crippen molar-refractivity contribution in [2.24, 2.45) is 5.73 Å². The highest BCUT2D eigenvalue weighted by atomic mass is 16.6. The lowest BCUT2D eigenvalue weighted by molar-refractivity contribution is -0.156. The van der Waals surface area contributed by atoms with Gasteiger partial charge in [-0.05, 0) is 54.4 Å². The van der Waals surface area contributed by atoms with Gasteiger partial charge in [-0.15, -0.1) is 0 Å². The fourth-order valence-electron chi connectivity index (χ4n) is 1.73. The van der Waals surface area contributed by atoms with Gasteiger partial charge in [0.15, 0.2) is 0 Å². The average Bonchev–Trinajstić information content (AvgIpc) is 2.37. The number of nitrogens with two attached hydrogens (primary N) is 1. The highest BCUT2D eigenvalue weighted by molar-refractivity contribution is 5.80. The van der Waals surface area contributed by atoms with E-state index in [0.717, 1.165) is 0 Å². The summed E-state index contributed by atoms with van der Waals surface area (Å²) in [7, 11) is 0. The molecular formula is C17H32N2O5. The molecule has 0 aromatic heterocycles. The summed E-state index contributed by atoms with van der Waals surface area (Å²) < 4.78 is 10.2. The van der Waals surface area contributed by atoms with Crippen LogP contribution in [0.3, 0.4) is 0 Å². The smallest absolute Gasteiger partial charge is 0.407 e. The van der Waals surface area contributed by atoms with Crippen molar-refractivity contribution >= 4 is 17.8 Å². The minimum absolute atomic E-state index is 0.00000240. The van der Waals surface area contributed by atoms with Crippen molar-refractivity contribution in [1.82, 2.24) is 5.32 Å². The molecule has 140 valence electrons. The Balaban J connectivity index is 3.88. The third-order valence-electron chi connectivity index (χ3n) is 2.74. The van der Waals surface area contributed by atoms with E-state index in [1.807, 2.05) is 0 Å². The van der Waals surface area contributed by atoms with Gasteiger partial charge in [0.1, 0.15) is 23.0 Å². The SMILES string of the molecule is CC(C)(C)OC(=O)NCCCC(=O)CC[C@H](N)C(=O)OC(C)(C)C. The lowest BCUT2D eigenvalue weighted by atomic mass is 10.1. The molecule has 0 aliphatic carbocycles. The summed E-state index contributed by atoms with van der Waals surface area (Å²) in [5, 5.41) is 2.59. The number of rotatable bonds is 8. The molecule has 0 saturated carbocycles. The van der Waals surface area contributed by atoms with Crippen LogP contribution in [0.5, 0.6) is 0 Å². The van der Waals surface area contributed by atoms with Gasteiger partial charge in [0.25, 0.3) is 0 Å². The maximum Gasteiger partial charge on any atom is 0.407 e. The molecule has 1 amide bonds. The third-order valence-corrected chi connectivity index (χ3v) is 2.74. The molecule has 0 aromatic rings. The van der Waals surface area contributed by atoms with Crippen LogP contribution in [-0.4, -0.2) is 41.6 Å². The fraction of sp³-hybridized carbons (Fsp3) is 0.824. The first-order valence-corrected chi connectivity index (χ1v) is 8.27. The average molecular weight is 344 g/mol. The number of esters is 1. The van der Waals surface area contributed by atoms with Crippen LogP contribution in [0.4, 0.5) is 4.79 Å². The van der Waals surface area contributed by atoms with E-state index < -0.39 is 29.3 Å². The number of amides is 1. The highest BCUT2D eigenvalue weighted by Crippen LogP contribution is 2.10. The molecule has 24 heavy (non-hydrogen) atoms. The molecule has 0 spiro atoms. The van der Waals surface area contributed by atoms with Crippen LogP contribution in [-0.2, 0) is 19.1 Å². The summed E-state index contributed by atoms with van der Waals surface area (Å²) >= 11 is 0. The first-order chi connectivity index (χ1) is 10.8. The largest absolute Gasteiger partial charge is 0.459 e. The van der Waals surface area contributed by atoms with E-state index >= 15 is 0 Å². The Kier molecular flexibility index (Phi) is 8.96. The minimum atomic E-state index is -0.798. The lowest BCUT2D eigenvalue weighted by Crippen LogP contribution is -2.37. The van der Waals surface area contributed by atoms with Crippen LogP contribution in [0.15, 0.2) is 0 Å². The van der Waals surface area contributed by atoms with Gasteiger partial charge in [-0.1, -0.05) is 0 Å². The van der Waals surface area contributed by atoms with Crippen molar-refractivity contribution in [2.75, 3.05) is 6.54 Å². The van der Waals surface area contributed by atoms with Crippen LogP contribution in [0.25, 0.3) is 0 Å². The Morgan fingerprint density at radius 1 is 0.958 bits per heavy atom. The van der Waals surface area contributed by atoms with Crippen LogP contribution in [0.2, 0.25) is 0 Å².